The Kier molecular flexibility index (Phi) is 11.1. The van der Waals surface area contributed by atoms with E-state index in [4.69, 9.17) is 23.2 Å². The Morgan fingerprint density at radius 1 is 0.870 bits per heavy atom. The molecule has 5 rings (SSSR count). The summed E-state index contributed by atoms with van der Waals surface area (Å²) in [6.45, 7) is 0.208. The van der Waals surface area contributed by atoms with E-state index in [1.165, 1.54) is 29.2 Å². The van der Waals surface area contributed by atoms with E-state index in [1.54, 1.807) is 42.5 Å². The van der Waals surface area contributed by atoms with Gasteiger partial charge in [-0.2, -0.15) is 0 Å². The van der Waals surface area contributed by atoms with E-state index in [-0.39, 0.29) is 48.7 Å². The number of carbonyl (C=O) groups excluding carboxylic acids is 2. The highest BCUT2D eigenvalue weighted by atomic mass is 35.5. The van der Waals surface area contributed by atoms with Crippen LogP contribution in [0.1, 0.15) is 41.5 Å². The lowest BCUT2D eigenvalue weighted by Gasteiger charge is -2.32. The molecule has 4 aromatic carbocycles. The van der Waals surface area contributed by atoms with Crippen LogP contribution >= 0.6 is 23.2 Å². The average Bonchev–Trinajstić information content (AvgIpc) is 3.86. The maximum absolute atomic E-state index is 14.0. The van der Waals surface area contributed by atoms with Crippen molar-refractivity contribution in [3.63, 3.8) is 0 Å². The Labute approximate surface area is 278 Å². The van der Waals surface area contributed by atoms with Crippen LogP contribution in [0.3, 0.4) is 0 Å². The molecule has 1 saturated carbocycles. The summed E-state index contributed by atoms with van der Waals surface area (Å²) in [5.41, 5.74) is 2.98. The van der Waals surface area contributed by atoms with Gasteiger partial charge in [-0.1, -0.05) is 83.9 Å². The van der Waals surface area contributed by atoms with Crippen LogP contribution < -0.4 is 10.0 Å². The predicted octanol–water partition coefficient (Wildman–Crippen LogP) is 6.46. The van der Waals surface area contributed by atoms with Crippen molar-refractivity contribution in [2.45, 2.75) is 62.2 Å². The van der Waals surface area contributed by atoms with Gasteiger partial charge in [0.05, 0.1) is 4.90 Å². The van der Waals surface area contributed by atoms with Crippen molar-refractivity contribution in [3.8, 4) is 0 Å². The Morgan fingerprint density at radius 3 is 2.20 bits per heavy atom. The summed E-state index contributed by atoms with van der Waals surface area (Å²) < 4.78 is 41.5. The van der Waals surface area contributed by atoms with Crippen LogP contribution in [0.25, 0.3) is 0 Å². The van der Waals surface area contributed by atoms with Gasteiger partial charge in [-0.25, -0.2) is 17.5 Å². The molecule has 0 bridgehead atoms. The van der Waals surface area contributed by atoms with Crippen molar-refractivity contribution in [3.05, 3.63) is 135 Å². The Morgan fingerprint density at radius 2 is 1.54 bits per heavy atom. The second kappa shape index (κ2) is 15.2. The van der Waals surface area contributed by atoms with Crippen LogP contribution in [-0.2, 0) is 45.5 Å². The van der Waals surface area contributed by atoms with Gasteiger partial charge in [0, 0.05) is 42.0 Å². The number of halogens is 3. The lowest BCUT2D eigenvalue weighted by atomic mass is 10.0. The van der Waals surface area contributed by atoms with Crippen molar-refractivity contribution in [2.24, 2.45) is 0 Å². The number of benzene rings is 4. The van der Waals surface area contributed by atoms with Crippen LogP contribution in [-0.4, -0.2) is 37.2 Å². The van der Waals surface area contributed by atoms with E-state index in [0.29, 0.717) is 27.6 Å². The monoisotopic (exact) mass is 681 g/mol. The third kappa shape index (κ3) is 9.39. The molecule has 1 fully saturated rings. The molecular formula is C35H34Cl2FN3O4S. The minimum absolute atomic E-state index is 0.00130. The molecule has 0 aromatic heterocycles. The molecule has 0 saturated heterocycles. The van der Waals surface area contributed by atoms with E-state index < -0.39 is 21.9 Å². The van der Waals surface area contributed by atoms with E-state index >= 15 is 0 Å². The summed E-state index contributed by atoms with van der Waals surface area (Å²) in [7, 11) is -3.59. The summed E-state index contributed by atoms with van der Waals surface area (Å²) >= 11 is 12.4. The topological polar surface area (TPSA) is 95.6 Å². The first-order chi connectivity index (χ1) is 22.1. The number of rotatable bonds is 14. The van der Waals surface area contributed by atoms with Gasteiger partial charge in [-0.05, 0) is 77.9 Å². The fourth-order valence-corrected chi connectivity index (χ4v) is 6.80. The van der Waals surface area contributed by atoms with Crippen molar-refractivity contribution < 1.29 is 22.4 Å². The van der Waals surface area contributed by atoms with E-state index in [0.717, 1.165) is 24.0 Å². The predicted molar refractivity (Wildman–Crippen MR) is 177 cm³/mol. The number of nitrogens with zero attached hydrogens (tertiary/aromatic N) is 1. The fraction of sp³-hybridized carbons (Fsp3) is 0.257. The quantitative estimate of drug-likeness (QED) is 0.160. The van der Waals surface area contributed by atoms with Crippen molar-refractivity contribution in [1.82, 2.24) is 14.9 Å². The highest BCUT2D eigenvalue weighted by Crippen LogP contribution is 2.24. The van der Waals surface area contributed by atoms with Gasteiger partial charge in [-0.15, -0.1) is 0 Å². The molecule has 240 valence electrons. The SMILES string of the molecule is O=C(NCc1ccc(Cl)cc1Cl)C(Cc1ccccc1)N(Cc1ccc(F)cc1)C(=O)CCc1ccc(S(=O)(=O)NC2CC2)cc1. The zero-order chi connectivity index (χ0) is 32.7. The number of sulfonamides is 1. The van der Waals surface area contributed by atoms with E-state index in [9.17, 15) is 22.4 Å². The molecule has 0 aliphatic heterocycles. The first kappa shape index (κ1) is 33.6. The van der Waals surface area contributed by atoms with Crippen LogP contribution in [0, 0.1) is 5.82 Å². The van der Waals surface area contributed by atoms with Gasteiger partial charge in [-0.3, -0.25) is 9.59 Å². The number of amides is 2. The number of hydrogen-bond acceptors (Lipinski definition) is 4. The summed E-state index contributed by atoms with van der Waals surface area (Å²) in [6, 6.07) is 25.8. The molecule has 2 N–H and O–H groups in total. The van der Waals surface area contributed by atoms with Crippen molar-refractivity contribution in [1.29, 1.82) is 0 Å². The zero-order valence-corrected chi connectivity index (χ0v) is 27.3. The average molecular weight is 683 g/mol. The highest BCUT2D eigenvalue weighted by molar-refractivity contribution is 7.89. The largest absolute Gasteiger partial charge is 0.350 e. The first-order valence-corrected chi connectivity index (χ1v) is 17.2. The lowest BCUT2D eigenvalue weighted by Crippen LogP contribution is -2.50. The van der Waals surface area contributed by atoms with Gasteiger partial charge in [0.2, 0.25) is 21.8 Å². The molecular weight excluding hydrogens is 648 g/mol. The third-order valence-corrected chi connectivity index (χ3v) is 9.89. The first-order valence-electron chi connectivity index (χ1n) is 15.0. The molecule has 0 spiro atoms. The van der Waals surface area contributed by atoms with Gasteiger partial charge < -0.3 is 10.2 Å². The Hall–Kier alpha value is -3.76. The molecule has 1 aliphatic carbocycles. The maximum Gasteiger partial charge on any atom is 0.243 e. The van der Waals surface area contributed by atoms with Crippen LogP contribution in [0.15, 0.2) is 102 Å². The Bertz CT molecular complexity index is 1770. The summed E-state index contributed by atoms with van der Waals surface area (Å²) in [6.07, 6.45) is 2.32. The number of aryl methyl sites for hydroxylation is 1. The standard InChI is InChI=1S/C35H34Cl2FN3O4S/c36-28-12-11-27(32(37)21-28)22-39-35(43)33(20-25-4-2-1-3-5-25)41(23-26-6-13-29(38)14-7-26)34(42)19-10-24-8-17-31(18-9-24)46(44,45)40-30-15-16-30/h1-9,11-14,17-18,21,30,33,40H,10,15-16,19-20,22-23H2,(H,39,43). The molecule has 1 aliphatic rings. The molecule has 7 nitrogen and oxygen atoms in total. The molecule has 1 unspecified atom stereocenters. The van der Waals surface area contributed by atoms with Gasteiger partial charge in [0.1, 0.15) is 11.9 Å². The second-order valence-corrected chi connectivity index (χ2v) is 13.9. The summed E-state index contributed by atoms with van der Waals surface area (Å²) in [4.78, 5) is 29.6. The molecule has 46 heavy (non-hydrogen) atoms. The zero-order valence-electron chi connectivity index (χ0n) is 25.0. The normalized spacial score (nSPS) is 13.6. The number of carbonyl (C=O) groups is 2. The second-order valence-electron chi connectivity index (χ2n) is 11.3. The number of hydrogen-bond donors (Lipinski definition) is 2. The molecule has 0 radical (unpaired) electrons. The van der Waals surface area contributed by atoms with Crippen LogP contribution in [0.2, 0.25) is 10.0 Å². The lowest BCUT2D eigenvalue weighted by molar-refractivity contribution is -0.141. The van der Waals surface area contributed by atoms with E-state index in [1.807, 2.05) is 30.3 Å². The molecule has 0 heterocycles. The summed E-state index contributed by atoms with van der Waals surface area (Å²) in [5.74, 6) is -1.06. The van der Waals surface area contributed by atoms with Crippen molar-refractivity contribution >= 4 is 45.0 Å². The molecule has 4 aromatic rings. The molecule has 1 atom stereocenters. The van der Waals surface area contributed by atoms with Gasteiger partial charge in [0.25, 0.3) is 0 Å². The van der Waals surface area contributed by atoms with Gasteiger partial charge in [0.15, 0.2) is 0 Å². The van der Waals surface area contributed by atoms with Crippen molar-refractivity contribution in [2.75, 3.05) is 0 Å². The van der Waals surface area contributed by atoms with Crippen LogP contribution in [0.4, 0.5) is 4.39 Å². The highest BCUT2D eigenvalue weighted by Gasteiger charge is 2.31. The Balaban J connectivity index is 1.37. The van der Waals surface area contributed by atoms with Crippen LogP contribution in [0.5, 0.6) is 0 Å². The third-order valence-electron chi connectivity index (χ3n) is 7.77. The molecule has 2 amide bonds. The molecule has 11 heteroatoms. The smallest absolute Gasteiger partial charge is 0.243 e. The maximum atomic E-state index is 14.0. The summed E-state index contributed by atoms with van der Waals surface area (Å²) in [5, 5.41) is 3.83. The minimum atomic E-state index is -3.59. The van der Waals surface area contributed by atoms with Gasteiger partial charge >= 0.3 is 0 Å². The van der Waals surface area contributed by atoms with E-state index in [2.05, 4.69) is 10.0 Å². The minimum Gasteiger partial charge on any atom is -0.350 e. The number of nitrogens with one attached hydrogen (secondary N) is 2. The fourth-order valence-electron chi connectivity index (χ4n) is 5.02.